The highest BCUT2D eigenvalue weighted by Gasteiger charge is 2.26. The summed E-state index contributed by atoms with van der Waals surface area (Å²) in [6, 6.07) is 3.55. The molecule has 0 spiro atoms. The summed E-state index contributed by atoms with van der Waals surface area (Å²) < 4.78 is 36.1. The van der Waals surface area contributed by atoms with Crippen molar-refractivity contribution < 1.29 is 23.0 Å². The molecule has 0 unspecified atom stereocenters. The Morgan fingerprint density at radius 2 is 1.62 bits per heavy atom. The van der Waals surface area contributed by atoms with E-state index in [9.17, 15) is 13.5 Å². The highest BCUT2D eigenvalue weighted by atomic mass is 32.2. The highest BCUT2D eigenvalue weighted by molar-refractivity contribution is 7.89. The van der Waals surface area contributed by atoms with Gasteiger partial charge < -0.3 is 14.6 Å². The summed E-state index contributed by atoms with van der Waals surface area (Å²) in [5.41, 5.74) is 0.950. The van der Waals surface area contributed by atoms with Crippen LogP contribution in [0.3, 0.4) is 0 Å². The van der Waals surface area contributed by atoms with Crippen LogP contribution in [0, 0.1) is 0 Å². The van der Waals surface area contributed by atoms with E-state index < -0.39 is 10.0 Å². The van der Waals surface area contributed by atoms with Gasteiger partial charge in [-0.1, -0.05) is 6.92 Å². The molecule has 1 heterocycles. The standard InChI is InChI=1S/C16H26N2O5S/c1-4-9-24(20,21)18-7-5-17(6-8-18)12-13-10-14(22-2)16(19)15(11-13)23-3/h10-11,19H,4-9,12H2,1-3H3. The van der Waals surface area contributed by atoms with Gasteiger partial charge in [-0.2, -0.15) is 4.31 Å². The summed E-state index contributed by atoms with van der Waals surface area (Å²) in [6.45, 7) is 4.89. The summed E-state index contributed by atoms with van der Waals surface area (Å²) in [7, 11) is -0.132. The Labute approximate surface area is 143 Å². The monoisotopic (exact) mass is 358 g/mol. The van der Waals surface area contributed by atoms with Crippen LogP contribution in [0.1, 0.15) is 18.9 Å². The maximum atomic E-state index is 12.1. The molecule has 0 radical (unpaired) electrons. The molecular formula is C16H26N2O5S. The normalized spacial score (nSPS) is 17.0. The quantitative estimate of drug-likeness (QED) is 0.791. The summed E-state index contributed by atoms with van der Waals surface area (Å²) in [6.07, 6.45) is 0.635. The molecule has 0 saturated carbocycles. The van der Waals surface area contributed by atoms with Gasteiger partial charge in [0.1, 0.15) is 0 Å². The van der Waals surface area contributed by atoms with Gasteiger partial charge >= 0.3 is 0 Å². The maximum Gasteiger partial charge on any atom is 0.214 e. The van der Waals surface area contributed by atoms with Gasteiger partial charge in [-0.05, 0) is 24.1 Å². The van der Waals surface area contributed by atoms with Crippen molar-refractivity contribution in [3.63, 3.8) is 0 Å². The fourth-order valence-electron chi connectivity index (χ4n) is 2.85. The van der Waals surface area contributed by atoms with Crippen LogP contribution in [0.2, 0.25) is 0 Å². The minimum atomic E-state index is -3.12. The van der Waals surface area contributed by atoms with Crippen molar-refractivity contribution in [3.8, 4) is 17.2 Å². The average molecular weight is 358 g/mol. The van der Waals surface area contributed by atoms with Gasteiger partial charge in [-0.3, -0.25) is 4.90 Å². The molecule has 1 N–H and O–H groups in total. The Morgan fingerprint density at radius 1 is 1.08 bits per heavy atom. The van der Waals surface area contributed by atoms with Crippen molar-refractivity contribution in [3.05, 3.63) is 17.7 Å². The molecule has 136 valence electrons. The van der Waals surface area contributed by atoms with E-state index in [1.54, 1.807) is 16.4 Å². The third-order valence-corrected chi connectivity index (χ3v) is 6.21. The fraction of sp³-hybridized carbons (Fsp3) is 0.625. The predicted octanol–water partition coefficient (Wildman–Crippen LogP) is 1.27. The highest BCUT2D eigenvalue weighted by Crippen LogP contribution is 2.37. The Bertz CT molecular complexity index is 629. The van der Waals surface area contributed by atoms with Crippen molar-refractivity contribution in [2.45, 2.75) is 19.9 Å². The van der Waals surface area contributed by atoms with Crippen LogP contribution in [-0.2, 0) is 16.6 Å². The van der Waals surface area contributed by atoms with Crippen LogP contribution >= 0.6 is 0 Å². The number of ether oxygens (including phenoxy) is 2. The lowest BCUT2D eigenvalue weighted by Crippen LogP contribution is -2.48. The van der Waals surface area contributed by atoms with Gasteiger partial charge in [0, 0.05) is 32.7 Å². The molecule has 0 atom stereocenters. The first-order chi connectivity index (χ1) is 11.4. The van der Waals surface area contributed by atoms with Gasteiger partial charge in [-0.15, -0.1) is 0 Å². The summed E-state index contributed by atoms with van der Waals surface area (Å²) in [5.74, 6) is 0.931. The fourth-order valence-corrected chi connectivity index (χ4v) is 4.34. The summed E-state index contributed by atoms with van der Waals surface area (Å²) in [5, 5.41) is 9.96. The van der Waals surface area contributed by atoms with Gasteiger partial charge in [0.2, 0.25) is 15.8 Å². The Kier molecular flexibility index (Phi) is 6.31. The molecular weight excluding hydrogens is 332 g/mol. The first-order valence-electron chi connectivity index (χ1n) is 8.05. The Balaban J connectivity index is 2.02. The third kappa shape index (κ3) is 4.31. The number of phenols is 1. The van der Waals surface area contributed by atoms with Gasteiger partial charge in [-0.25, -0.2) is 8.42 Å². The van der Waals surface area contributed by atoms with Gasteiger partial charge in [0.05, 0.1) is 20.0 Å². The lowest BCUT2D eigenvalue weighted by molar-refractivity contribution is 0.181. The molecule has 0 aliphatic carbocycles. The van der Waals surface area contributed by atoms with Crippen LogP contribution in [0.4, 0.5) is 0 Å². The molecule has 0 amide bonds. The predicted molar refractivity (Wildman–Crippen MR) is 92.1 cm³/mol. The van der Waals surface area contributed by atoms with Crippen LogP contribution < -0.4 is 9.47 Å². The van der Waals surface area contributed by atoms with E-state index >= 15 is 0 Å². The number of piperazine rings is 1. The van der Waals surface area contributed by atoms with Gasteiger partial charge in [0.15, 0.2) is 11.5 Å². The molecule has 8 heteroatoms. The first-order valence-corrected chi connectivity index (χ1v) is 9.66. The smallest absolute Gasteiger partial charge is 0.214 e. The van der Waals surface area contributed by atoms with Crippen LogP contribution in [0.5, 0.6) is 17.2 Å². The second kappa shape index (κ2) is 8.04. The molecule has 1 aliphatic rings. The van der Waals surface area contributed by atoms with Crippen molar-refractivity contribution in [1.82, 2.24) is 9.21 Å². The number of nitrogens with zero attached hydrogens (tertiary/aromatic N) is 2. The van der Waals surface area contributed by atoms with E-state index in [1.165, 1.54) is 14.2 Å². The van der Waals surface area contributed by atoms with Crippen LogP contribution in [0.15, 0.2) is 12.1 Å². The molecule has 1 fully saturated rings. The van der Waals surface area contributed by atoms with Crippen LogP contribution in [-0.4, -0.2) is 68.9 Å². The lowest BCUT2D eigenvalue weighted by atomic mass is 10.1. The van der Waals surface area contributed by atoms with Gasteiger partial charge in [0.25, 0.3) is 0 Å². The zero-order valence-electron chi connectivity index (χ0n) is 14.5. The molecule has 1 saturated heterocycles. The van der Waals surface area contributed by atoms with E-state index in [1.807, 2.05) is 6.92 Å². The molecule has 1 aromatic rings. The lowest BCUT2D eigenvalue weighted by Gasteiger charge is -2.34. The van der Waals surface area contributed by atoms with E-state index in [0.29, 0.717) is 50.6 Å². The van der Waals surface area contributed by atoms with E-state index in [2.05, 4.69) is 4.90 Å². The average Bonchev–Trinajstić information content (AvgIpc) is 2.56. The number of rotatable bonds is 7. The van der Waals surface area contributed by atoms with Crippen LogP contribution in [0.25, 0.3) is 0 Å². The summed E-state index contributed by atoms with van der Waals surface area (Å²) in [4.78, 5) is 2.18. The molecule has 24 heavy (non-hydrogen) atoms. The first kappa shape index (κ1) is 18.8. The number of aromatic hydroxyl groups is 1. The van der Waals surface area contributed by atoms with E-state index in [4.69, 9.17) is 9.47 Å². The number of hydrogen-bond donors (Lipinski definition) is 1. The topological polar surface area (TPSA) is 79.3 Å². The Hall–Kier alpha value is -1.51. The van der Waals surface area contributed by atoms with Crippen molar-refractivity contribution in [2.75, 3.05) is 46.2 Å². The van der Waals surface area contributed by atoms with Crippen molar-refractivity contribution >= 4 is 10.0 Å². The number of phenolic OH excluding ortho intramolecular Hbond substituents is 1. The number of methoxy groups -OCH3 is 2. The van der Waals surface area contributed by atoms with Crippen molar-refractivity contribution in [1.29, 1.82) is 0 Å². The maximum absolute atomic E-state index is 12.1. The Morgan fingerprint density at radius 3 is 2.08 bits per heavy atom. The second-order valence-electron chi connectivity index (χ2n) is 5.84. The zero-order valence-corrected chi connectivity index (χ0v) is 15.3. The van der Waals surface area contributed by atoms with E-state index in [0.717, 1.165) is 5.56 Å². The minimum absolute atomic E-state index is 0.0146. The molecule has 0 bridgehead atoms. The zero-order chi connectivity index (χ0) is 17.7. The third-order valence-electron chi connectivity index (χ3n) is 4.13. The molecule has 1 aliphatic heterocycles. The number of hydrogen-bond acceptors (Lipinski definition) is 6. The minimum Gasteiger partial charge on any atom is -0.502 e. The number of benzene rings is 1. The SMILES string of the molecule is CCCS(=O)(=O)N1CCN(Cc2cc(OC)c(O)c(OC)c2)CC1. The van der Waals surface area contributed by atoms with E-state index in [-0.39, 0.29) is 11.5 Å². The second-order valence-corrected chi connectivity index (χ2v) is 7.93. The molecule has 2 rings (SSSR count). The largest absolute Gasteiger partial charge is 0.502 e. The summed E-state index contributed by atoms with van der Waals surface area (Å²) >= 11 is 0. The van der Waals surface area contributed by atoms with Crippen molar-refractivity contribution in [2.24, 2.45) is 0 Å². The molecule has 7 nitrogen and oxygen atoms in total. The molecule has 0 aromatic heterocycles. The number of sulfonamides is 1. The molecule has 1 aromatic carbocycles.